The molecule has 160 valence electrons. The van der Waals surface area contributed by atoms with Crippen LogP contribution in [0.4, 0.5) is 11.6 Å². The molecule has 3 aromatic rings. The molecule has 0 unspecified atom stereocenters. The van der Waals surface area contributed by atoms with Crippen LogP contribution in [0.25, 0.3) is 5.69 Å². The molecule has 0 spiro atoms. The third kappa shape index (κ3) is 4.06. The zero-order valence-corrected chi connectivity index (χ0v) is 18.6. The highest BCUT2D eigenvalue weighted by atomic mass is 32.2. The van der Waals surface area contributed by atoms with Crippen molar-refractivity contribution in [3.05, 3.63) is 59.7 Å². The number of rotatable bonds is 5. The number of hydrogen-bond donors (Lipinski definition) is 0. The van der Waals surface area contributed by atoms with Gasteiger partial charge in [-0.15, -0.1) is 10.2 Å². The third-order valence-corrected chi connectivity index (χ3v) is 6.97. The van der Waals surface area contributed by atoms with Crippen molar-refractivity contribution in [2.45, 2.75) is 37.8 Å². The van der Waals surface area contributed by atoms with Crippen molar-refractivity contribution in [3.63, 3.8) is 0 Å². The van der Waals surface area contributed by atoms with Crippen LogP contribution in [-0.4, -0.2) is 46.1 Å². The van der Waals surface area contributed by atoms with Crippen LogP contribution in [0.2, 0.25) is 0 Å². The summed E-state index contributed by atoms with van der Waals surface area (Å²) < 4.78 is 2.11. The van der Waals surface area contributed by atoms with Crippen molar-refractivity contribution in [3.8, 4) is 5.69 Å². The number of fused-ring (bicyclic) bond motifs is 1. The predicted octanol–water partition coefficient (Wildman–Crippen LogP) is 4.25. The van der Waals surface area contributed by atoms with Gasteiger partial charge in [0.05, 0.1) is 11.4 Å². The first kappa shape index (κ1) is 20.1. The second-order valence-corrected chi connectivity index (χ2v) is 9.16. The van der Waals surface area contributed by atoms with Gasteiger partial charge in [-0.3, -0.25) is 9.36 Å². The Labute approximate surface area is 187 Å². The molecule has 2 aliphatic heterocycles. The fraction of sp³-hybridized carbons (Fsp3) is 0.375. The molecule has 1 fully saturated rings. The van der Waals surface area contributed by atoms with Gasteiger partial charge in [-0.25, -0.2) is 0 Å². The minimum absolute atomic E-state index is 0.118. The SMILES string of the molecule is Cc1ccc(-n2c(SCC(=O)N3CCc4ccccc43)nnc2N2CCCCC2)cc1. The van der Waals surface area contributed by atoms with Crippen LogP contribution >= 0.6 is 11.8 Å². The molecule has 0 saturated carbocycles. The molecule has 7 heteroatoms. The summed E-state index contributed by atoms with van der Waals surface area (Å²) in [6.07, 6.45) is 4.54. The predicted molar refractivity (Wildman–Crippen MR) is 125 cm³/mol. The number of aryl methyl sites for hydroxylation is 1. The topological polar surface area (TPSA) is 54.3 Å². The molecule has 0 atom stereocenters. The molecule has 3 heterocycles. The second-order valence-electron chi connectivity index (χ2n) is 8.21. The molecule has 2 aromatic carbocycles. The molecular weight excluding hydrogens is 406 g/mol. The van der Waals surface area contributed by atoms with E-state index in [-0.39, 0.29) is 5.91 Å². The summed E-state index contributed by atoms with van der Waals surface area (Å²) in [5.41, 5.74) is 4.55. The van der Waals surface area contributed by atoms with Crippen LogP contribution in [0.3, 0.4) is 0 Å². The van der Waals surface area contributed by atoms with Gasteiger partial charge in [0.2, 0.25) is 11.9 Å². The highest BCUT2D eigenvalue weighted by molar-refractivity contribution is 7.99. The highest BCUT2D eigenvalue weighted by Gasteiger charge is 2.26. The van der Waals surface area contributed by atoms with Crippen molar-refractivity contribution in [1.29, 1.82) is 0 Å². The number of amides is 1. The maximum atomic E-state index is 13.0. The first-order valence-corrected chi connectivity index (χ1v) is 12.0. The summed E-state index contributed by atoms with van der Waals surface area (Å²) in [6.45, 7) is 4.84. The lowest BCUT2D eigenvalue weighted by Crippen LogP contribution is -2.32. The number of aromatic nitrogens is 3. The normalized spacial score (nSPS) is 15.9. The van der Waals surface area contributed by atoms with Crippen molar-refractivity contribution >= 4 is 29.3 Å². The van der Waals surface area contributed by atoms with Crippen molar-refractivity contribution in [2.24, 2.45) is 0 Å². The highest BCUT2D eigenvalue weighted by Crippen LogP contribution is 2.31. The standard InChI is InChI=1S/C24H27N5OS/c1-18-9-11-20(12-10-18)29-23(27-14-5-2-6-15-27)25-26-24(29)31-17-22(30)28-16-13-19-7-3-4-8-21(19)28/h3-4,7-12H,2,5-6,13-17H2,1H3. The molecule has 1 amide bonds. The largest absolute Gasteiger partial charge is 0.341 e. The van der Waals surface area contributed by atoms with Gasteiger partial charge in [-0.2, -0.15) is 0 Å². The minimum Gasteiger partial charge on any atom is -0.341 e. The zero-order chi connectivity index (χ0) is 21.2. The minimum atomic E-state index is 0.118. The lowest BCUT2D eigenvalue weighted by atomic mass is 10.1. The summed E-state index contributed by atoms with van der Waals surface area (Å²) in [6, 6.07) is 16.6. The van der Waals surface area contributed by atoms with Gasteiger partial charge in [-0.1, -0.05) is 47.7 Å². The molecule has 6 nitrogen and oxygen atoms in total. The molecule has 2 aliphatic rings. The van der Waals surface area contributed by atoms with E-state index in [1.807, 2.05) is 23.1 Å². The molecule has 0 radical (unpaired) electrons. The van der Waals surface area contributed by atoms with Gasteiger partial charge in [0, 0.05) is 25.3 Å². The van der Waals surface area contributed by atoms with E-state index in [4.69, 9.17) is 0 Å². The van der Waals surface area contributed by atoms with E-state index in [9.17, 15) is 4.79 Å². The molecule has 0 N–H and O–H groups in total. The molecule has 0 bridgehead atoms. The number of piperidine rings is 1. The van der Waals surface area contributed by atoms with E-state index in [1.54, 1.807) is 0 Å². The number of hydrogen-bond acceptors (Lipinski definition) is 5. The van der Waals surface area contributed by atoms with Crippen LogP contribution in [0.15, 0.2) is 53.7 Å². The fourth-order valence-corrected chi connectivity index (χ4v) is 5.20. The van der Waals surface area contributed by atoms with E-state index in [0.29, 0.717) is 5.75 Å². The van der Waals surface area contributed by atoms with Gasteiger partial charge < -0.3 is 9.80 Å². The van der Waals surface area contributed by atoms with E-state index < -0.39 is 0 Å². The first-order valence-electron chi connectivity index (χ1n) is 11.0. The van der Waals surface area contributed by atoms with Crippen LogP contribution in [0.1, 0.15) is 30.4 Å². The average molecular weight is 434 g/mol. The molecule has 0 aliphatic carbocycles. The Hall–Kier alpha value is -2.80. The maximum absolute atomic E-state index is 13.0. The van der Waals surface area contributed by atoms with Gasteiger partial charge >= 0.3 is 0 Å². The number of benzene rings is 2. The number of anilines is 2. The molecule has 1 saturated heterocycles. The van der Waals surface area contributed by atoms with Gasteiger partial charge in [0.25, 0.3) is 0 Å². The number of thioether (sulfide) groups is 1. The van der Waals surface area contributed by atoms with Crippen molar-refractivity contribution in [2.75, 3.05) is 35.2 Å². The quantitative estimate of drug-likeness (QED) is 0.563. The van der Waals surface area contributed by atoms with Crippen LogP contribution in [-0.2, 0) is 11.2 Å². The number of nitrogens with zero attached hydrogens (tertiary/aromatic N) is 5. The van der Waals surface area contributed by atoms with E-state index in [2.05, 4.69) is 56.9 Å². The summed E-state index contributed by atoms with van der Waals surface area (Å²) in [7, 11) is 0. The molecule has 31 heavy (non-hydrogen) atoms. The van der Waals surface area contributed by atoms with Crippen LogP contribution < -0.4 is 9.80 Å². The van der Waals surface area contributed by atoms with E-state index in [0.717, 1.165) is 48.5 Å². The number of carbonyl (C=O) groups excluding carboxylic acids is 1. The van der Waals surface area contributed by atoms with E-state index >= 15 is 0 Å². The van der Waals surface area contributed by atoms with Crippen molar-refractivity contribution in [1.82, 2.24) is 14.8 Å². The second kappa shape index (κ2) is 8.75. The van der Waals surface area contributed by atoms with E-state index in [1.165, 1.54) is 42.2 Å². The fourth-order valence-electron chi connectivity index (χ4n) is 4.38. The maximum Gasteiger partial charge on any atom is 0.237 e. The van der Waals surface area contributed by atoms with Crippen LogP contribution in [0, 0.1) is 6.92 Å². The number of carbonyl (C=O) groups is 1. The van der Waals surface area contributed by atoms with Gasteiger partial charge in [-0.05, 0) is 56.4 Å². The summed E-state index contributed by atoms with van der Waals surface area (Å²) in [5, 5.41) is 9.81. The summed E-state index contributed by atoms with van der Waals surface area (Å²) >= 11 is 1.47. The third-order valence-electron chi connectivity index (χ3n) is 6.06. The monoisotopic (exact) mass is 433 g/mol. The van der Waals surface area contributed by atoms with Crippen molar-refractivity contribution < 1.29 is 4.79 Å². The van der Waals surface area contributed by atoms with Gasteiger partial charge in [0.1, 0.15) is 0 Å². The summed E-state index contributed by atoms with van der Waals surface area (Å²) in [4.78, 5) is 17.2. The summed E-state index contributed by atoms with van der Waals surface area (Å²) in [5.74, 6) is 1.34. The lowest BCUT2D eigenvalue weighted by Gasteiger charge is -2.27. The Morgan fingerprint density at radius 1 is 0.968 bits per heavy atom. The molecule has 5 rings (SSSR count). The Kier molecular flexibility index (Phi) is 5.68. The number of para-hydroxylation sites is 1. The van der Waals surface area contributed by atoms with Crippen LogP contribution in [0.5, 0.6) is 0 Å². The first-order chi connectivity index (χ1) is 15.2. The zero-order valence-electron chi connectivity index (χ0n) is 17.8. The Morgan fingerprint density at radius 3 is 2.55 bits per heavy atom. The molecule has 1 aromatic heterocycles. The lowest BCUT2D eigenvalue weighted by molar-refractivity contribution is -0.116. The average Bonchev–Trinajstić information content (AvgIpc) is 3.43. The molecular formula is C24H27N5OS. The Morgan fingerprint density at radius 2 is 1.74 bits per heavy atom. The van der Waals surface area contributed by atoms with Gasteiger partial charge in [0.15, 0.2) is 5.16 Å². The Balaban J connectivity index is 1.39. The Bertz CT molecular complexity index is 1070. The smallest absolute Gasteiger partial charge is 0.237 e.